The molecule has 2 nitrogen and oxygen atoms in total. The van der Waals surface area contributed by atoms with Gasteiger partial charge in [0.15, 0.2) is 0 Å². The molecule has 1 heterocycles. The predicted molar refractivity (Wildman–Crippen MR) is 263 cm³/mol. The van der Waals surface area contributed by atoms with Gasteiger partial charge in [-0.05, 0) is 99.0 Å². The van der Waals surface area contributed by atoms with Crippen LogP contribution in [0.25, 0.3) is 83.1 Å². The van der Waals surface area contributed by atoms with Crippen molar-refractivity contribution >= 4 is 38.9 Å². The Kier molecular flexibility index (Phi) is 5.97. The summed E-state index contributed by atoms with van der Waals surface area (Å²) in [5, 5.41) is 1.66. The smallest absolute Gasteiger partial charge is 0.0645 e. The summed E-state index contributed by atoms with van der Waals surface area (Å²) in [4.78, 5) is 1.16. The van der Waals surface area contributed by atoms with Crippen molar-refractivity contribution in [2.75, 3.05) is 4.90 Å². The van der Waals surface area contributed by atoms with E-state index in [9.17, 15) is 11.0 Å². The van der Waals surface area contributed by atoms with Crippen LogP contribution >= 0.6 is 0 Å². The molecule has 292 valence electrons. The molecule has 0 aliphatic rings. The summed E-state index contributed by atoms with van der Waals surface area (Å²) in [6, 6.07) is 34.3. The molecule has 0 saturated heterocycles. The number of rotatable bonds is 9. The lowest BCUT2D eigenvalue weighted by atomic mass is 9.99. The van der Waals surface area contributed by atoms with Crippen LogP contribution < -0.4 is 4.90 Å². The van der Waals surface area contributed by atoms with Gasteiger partial charge in [0.1, 0.15) is 0 Å². The van der Waals surface area contributed by atoms with Gasteiger partial charge in [-0.15, -0.1) is 0 Å². The zero-order valence-electron chi connectivity index (χ0n) is 49.8. The summed E-state index contributed by atoms with van der Waals surface area (Å²) in [7, 11) is 0. The Morgan fingerprint density at radius 1 is 0.323 bits per heavy atom. The standard InChI is InChI=1S/C60H42N2/c1-4-16-43(17-5-1)44-28-30-45(31-29-44)46-32-37-51(38-33-46)61(57-25-13-10-22-53(57)48-18-6-2-7-19-48)52-39-34-47(35-40-52)50-36-41-60-56(42-50)55-24-12-15-27-59(55)62(60)58-26-14-11-23-54(58)49-20-8-3-9-21-49/h1-42H/i1D,4D,5D,16D,17D,28D,29D,30D,31D,32D,33D,34D,35D,37D,38D,39D,40D. The molecule has 0 saturated carbocycles. The third-order valence-electron chi connectivity index (χ3n) is 10.7. The molecule has 0 amide bonds. The number of nitrogens with zero attached hydrogens (tertiary/aromatic N) is 2. The first-order valence-electron chi connectivity index (χ1n) is 28.4. The topological polar surface area (TPSA) is 8.17 Å². The Balaban J connectivity index is 1.13. The fourth-order valence-corrected chi connectivity index (χ4v) is 7.84. The maximum Gasteiger partial charge on any atom is 0.0645 e. The lowest BCUT2D eigenvalue weighted by Gasteiger charge is -2.28. The maximum absolute atomic E-state index is 9.83. The van der Waals surface area contributed by atoms with E-state index >= 15 is 0 Å². The molecule has 0 bridgehead atoms. The first-order chi connectivity index (χ1) is 37.9. The summed E-state index contributed by atoms with van der Waals surface area (Å²) in [6.07, 6.45) is 0. The predicted octanol–water partition coefficient (Wildman–Crippen LogP) is 16.6. The molecule has 0 aliphatic heterocycles. The van der Waals surface area contributed by atoms with Crippen LogP contribution in [0.5, 0.6) is 0 Å². The molecular formula is C60H42N2. The number of aromatic nitrogens is 1. The average molecular weight is 808 g/mol. The van der Waals surface area contributed by atoms with Gasteiger partial charge in [0, 0.05) is 33.3 Å². The number of fused-ring (bicyclic) bond motifs is 3. The number of hydrogen-bond donors (Lipinski definition) is 0. The van der Waals surface area contributed by atoms with Crippen LogP contribution in [0, 0.1) is 0 Å². The minimum atomic E-state index is -0.877. The largest absolute Gasteiger partial charge is 0.310 e. The van der Waals surface area contributed by atoms with Crippen LogP contribution in [-0.2, 0) is 0 Å². The summed E-state index contributed by atoms with van der Waals surface area (Å²) in [6.45, 7) is 0. The highest BCUT2D eigenvalue weighted by Gasteiger charge is 2.19. The fraction of sp³-hybridized carbons (Fsp3) is 0. The highest BCUT2D eigenvalue weighted by Crippen LogP contribution is 2.43. The van der Waals surface area contributed by atoms with Crippen molar-refractivity contribution in [2.45, 2.75) is 0 Å². The van der Waals surface area contributed by atoms with E-state index in [-0.39, 0.29) is 11.3 Å². The quantitative estimate of drug-likeness (QED) is 0.141. The first-order valence-corrected chi connectivity index (χ1v) is 19.9. The second-order valence-corrected chi connectivity index (χ2v) is 14.4. The molecule has 2 heteroatoms. The third kappa shape index (κ3) is 6.84. The van der Waals surface area contributed by atoms with Gasteiger partial charge in [0.2, 0.25) is 0 Å². The summed E-state index contributed by atoms with van der Waals surface area (Å²) >= 11 is 0. The number of anilines is 3. The molecule has 0 unspecified atom stereocenters. The molecule has 0 fully saturated rings. The molecular weight excluding hydrogens is 749 g/mol. The van der Waals surface area contributed by atoms with E-state index in [1.807, 2.05) is 84.9 Å². The van der Waals surface area contributed by atoms with Gasteiger partial charge in [-0.3, -0.25) is 0 Å². The molecule has 0 atom stereocenters. The lowest BCUT2D eigenvalue weighted by molar-refractivity contribution is 1.18. The summed E-state index contributed by atoms with van der Waals surface area (Å²) in [5.74, 6) is 0. The van der Waals surface area contributed by atoms with Gasteiger partial charge in [-0.2, -0.15) is 0 Å². The molecule has 0 radical (unpaired) electrons. The van der Waals surface area contributed by atoms with Gasteiger partial charge in [0.05, 0.1) is 45.7 Å². The molecule has 62 heavy (non-hydrogen) atoms. The highest BCUT2D eigenvalue weighted by molar-refractivity contribution is 6.11. The van der Waals surface area contributed by atoms with E-state index in [1.54, 1.807) is 60.7 Å². The second kappa shape index (κ2) is 16.1. The van der Waals surface area contributed by atoms with Gasteiger partial charge in [-0.1, -0.05) is 200 Å². The lowest BCUT2D eigenvalue weighted by Crippen LogP contribution is -2.11. The van der Waals surface area contributed by atoms with Gasteiger partial charge in [-0.25, -0.2) is 0 Å². The molecule has 10 aromatic carbocycles. The van der Waals surface area contributed by atoms with Gasteiger partial charge in [0.25, 0.3) is 0 Å². The fourth-order valence-electron chi connectivity index (χ4n) is 7.84. The Morgan fingerprint density at radius 3 is 1.44 bits per heavy atom. The first kappa shape index (κ1) is 23.0. The van der Waals surface area contributed by atoms with Gasteiger partial charge < -0.3 is 9.47 Å². The Bertz CT molecular complexity index is 4230. The van der Waals surface area contributed by atoms with Crippen LogP contribution in [0.2, 0.25) is 0 Å². The SMILES string of the molecule is [2H]c1c([2H])c([2H])c(-c2c([2H])c([2H])c(-c3c([2H])c([2H])c(N(c4ccccc4-c4ccccc4)c4c([2H])c([2H])c(-c5ccc6c(c5)c5ccccc5n6-c5ccccc5-c5ccccc5)c([2H])c4[2H])c([2H])c3[2H])c([2H])c2[2H])c([2H])c1[2H]. The number of benzene rings is 10. The molecule has 11 rings (SSSR count). The number of para-hydroxylation sites is 3. The monoisotopic (exact) mass is 807 g/mol. The molecule has 0 N–H and O–H groups in total. The Morgan fingerprint density at radius 2 is 0.790 bits per heavy atom. The molecule has 0 aliphatic carbocycles. The van der Waals surface area contributed by atoms with Crippen molar-refractivity contribution < 1.29 is 23.3 Å². The van der Waals surface area contributed by atoms with Crippen LogP contribution in [0.15, 0.2) is 254 Å². The van der Waals surface area contributed by atoms with Crippen molar-refractivity contribution in [1.29, 1.82) is 0 Å². The zero-order valence-corrected chi connectivity index (χ0v) is 32.8. The van der Waals surface area contributed by atoms with E-state index in [4.69, 9.17) is 12.3 Å². The highest BCUT2D eigenvalue weighted by atomic mass is 15.1. The Hall–Kier alpha value is -8.20. The van der Waals surface area contributed by atoms with E-state index < -0.39 is 136 Å². The Labute approximate surface area is 386 Å². The van der Waals surface area contributed by atoms with Gasteiger partial charge >= 0.3 is 0 Å². The van der Waals surface area contributed by atoms with Crippen LogP contribution in [-0.4, -0.2) is 4.57 Å². The van der Waals surface area contributed by atoms with Crippen molar-refractivity contribution in [3.63, 3.8) is 0 Å². The summed E-state index contributed by atoms with van der Waals surface area (Å²) < 4.78 is 157. The normalized spacial score (nSPS) is 15.1. The second-order valence-electron chi connectivity index (χ2n) is 14.4. The molecule has 1 aromatic heterocycles. The third-order valence-corrected chi connectivity index (χ3v) is 10.7. The minimum absolute atomic E-state index is 0.0382. The maximum atomic E-state index is 9.83. The van der Waals surface area contributed by atoms with Crippen LogP contribution in [0.1, 0.15) is 23.3 Å². The van der Waals surface area contributed by atoms with Crippen LogP contribution in [0.3, 0.4) is 0 Å². The molecule has 0 spiro atoms. The van der Waals surface area contributed by atoms with E-state index in [2.05, 4.69) is 10.6 Å². The zero-order chi connectivity index (χ0) is 56.0. The molecule has 11 aromatic rings. The minimum Gasteiger partial charge on any atom is -0.310 e. The summed E-state index contributed by atoms with van der Waals surface area (Å²) in [5.41, 5.74) is 2.71. The number of hydrogen-bond acceptors (Lipinski definition) is 1. The van der Waals surface area contributed by atoms with E-state index in [0.717, 1.165) is 43.5 Å². The van der Waals surface area contributed by atoms with Crippen molar-refractivity contribution in [3.05, 3.63) is 254 Å². The average Bonchev–Trinajstić information content (AvgIpc) is 4.06. The van der Waals surface area contributed by atoms with E-state index in [1.165, 1.54) is 0 Å². The van der Waals surface area contributed by atoms with Crippen LogP contribution in [0.4, 0.5) is 17.1 Å². The van der Waals surface area contributed by atoms with E-state index in [0.29, 0.717) is 16.7 Å². The van der Waals surface area contributed by atoms with Crippen molar-refractivity contribution in [3.8, 4) is 61.3 Å². The van der Waals surface area contributed by atoms with Crippen molar-refractivity contribution in [1.82, 2.24) is 4.57 Å². The van der Waals surface area contributed by atoms with Crippen molar-refractivity contribution in [2.24, 2.45) is 0 Å².